The fourth-order valence-electron chi connectivity index (χ4n) is 6.60. The highest BCUT2D eigenvalue weighted by atomic mass is 16.4. The SMILES string of the molecule is CCCCCCCCCCC/C=C/CCCCCCCCCCC[N+](CCCCC(=O)O)(CCCCC(=O)O)CCCCC(=O)O. The van der Waals surface area contributed by atoms with E-state index >= 15 is 0 Å². The molecular weight excluding hydrogens is 578 g/mol. The van der Waals surface area contributed by atoms with Gasteiger partial charge >= 0.3 is 17.9 Å². The van der Waals surface area contributed by atoms with Gasteiger partial charge in [-0.05, 0) is 77.0 Å². The Hall–Kier alpha value is -1.89. The number of hydrogen-bond acceptors (Lipinski definition) is 3. The molecule has 0 aliphatic heterocycles. The molecule has 0 fully saturated rings. The molecule has 0 aromatic carbocycles. The number of allylic oxidation sites excluding steroid dienone is 2. The van der Waals surface area contributed by atoms with Crippen LogP contribution in [-0.4, -0.2) is 63.9 Å². The molecule has 0 aliphatic carbocycles. The summed E-state index contributed by atoms with van der Waals surface area (Å²) in [5.74, 6) is -2.30. The van der Waals surface area contributed by atoms with Gasteiger partial charge in [0.15, 0.2) is 0 Å². The number of hydrogen-bond donors (Lipinski definition) is 3. The van der Waals surface area contributed by atoms with Crippen LogP contribution in [0.2, 0.25) is 0 Å². The Labute approximate surface area is 283 Å². The summed E-state index contributed by atoms with van der Waals surface area (Å²) in [5.41, 5.74) is 0. The van der Waals surface area contributed by atoms with E-state index < -0.39 is 17.9 Å². The largest absolute Gasteiger partial charge is 0.481 e. The van der Waals surface area contributed by atoms with Crippen molar-refractivity contribution in [2.24, 2.45) is 0 Å². The van der Waals surface area contributed by atoms with Crippen molar-refractivity contribution in [1.29, 1.82) is 0 Å². The first kappa shape index (κ1) is 44.1. The molecule has 0 atom stereocenters. The fraction of sp³-hybridized carbons (Fsp3) is 0.872. The van der Waals surface area contributed by atoms with Crippen molar-refractivity contribution in [3.8, 4) is 0 Å². The van der Waals surface area contributed by atoms with Gasteiger partial charge in [-0.1, -0.05) is 109 Å². The van der Waals surface area contributed by atoms with Crippen LogP contribution in [0.1, 0.15) is 193 Å². The monoisotopic (exact) mass is 653 g/mol. The van der Waals surface area contributed by atoms with Crippen molar-refractivity contribution >= 4 is 17.9 Å². The maximum absolute atomic E-state index is 11.0. The second-order valence-electron chi connectivity index (χ2n) is 13.8. The maximum atomic E-state index is 11.0. The van der Waals surface area contributed by atoms with E-state index in [0.717, 1.165) is 56.3 Å². The predicted octanol–water partition coefficient (Wildman–Crippen LogP) is 10.9. The van der Waals surface area contributed by atoms with Crippen LogP contribution in [-0.2, 0) is 14.4 Å². The molecule has 0 aliphatic rings. The number of carboxylic acid groups (broad SMARTS) is 3. The van der Waals surface area contributed by atoms with Crippen molar-refractivity contribution < 1.29 is 34.2 Å². The summed E-state index contributed by atoms with van der Waals surface area (Å²) in [4.78, 5) is 33.1. The topological polar surface area (TPSA) is 112 Å². The standard InChI is InChI=1S/C39H73NO6/c1-2-3-4-5-6-7-8-9-10-11-12-13-14-15-16-17-18-19-20-21-22-26-33-40(34-27-23-30-37(41)42,35-28-24-31-38(43)44)36-29-25-32-39(45)46/h12-13H,2-11,14-36H2,1H3,(H2-,41,42,43,44,45,46)/p+1/b13-12+. The van der Waals surface area contributed by atoms with Crippen LogP contribution in [0.25, 0.3) is 0 Å². The second kappa shape index (κ2) is 33.0. The third-order valence-electron chi connectivity index (χ3n) is 9.46. The van der Waals surface area contributed by atoms with E-state index in [1.54, 1.807) is 0 Å². The van der Waals surface area contributed by atoms with Crippen LogP contribution in [0.5, 0.6) is 0 Å². The number of unbranched alkanes of at least 4 members (excludes halogenated alkanes) is 21. The number of rotatable bonds is 37. The van der Waals surface area contributed by atoms with Crippen molar-refractivity contribution in [3.63, 3.8) is 0 Å². The number of nitrogens with zero attached hydrogens (tertiary/aromatic N) is 1. The molecule has 0 aromatic heterocycles. The van der Waals surface area contributed by atoms with Gasteiger partial charge in [-0.2, -0.15) is 0 Å². The molecule has 270 valence electrons. The van der Waals surface area contributed by atoms with Gasteiger partial charge in [0.05, 0.1) is 26.2 Å². The Morgan fingerprint density at radius 2 is 0.652 bits per heavy atom. The summed E-state index contributed by atoms with van der Waals surface area (Å²) < 4.78 is 0.868. The Morgan fingerprint density at radius 1 is 0.391 bits per heavy atom. The van der Waals surface area contributed by atoms with Gasteiger partial charge in [-0.3, -0.25) is 14.4 Å². The van der Waals surface area contributed by atoms with E-state index in [4.69, 9.17) is 15.3 Å². The lowest BCUT2D eigenvalue weighted by atomic mass is 10.0. The van der Waals surface area contributed by atoms with E-state index in [1.165, 1.54) is 122 Å². The summed E-state index contributed by atoms with van der Waals surface area (Å²) >= 11 is 0. The molecule has 0 bridgehead atoms. The van der Waals surface area contributed by atoms with Gasteiger partial charge in [-0.15, -0.1) is 0 Å². The number of carbonyl (C=O) groups is 3. The lowest BCUT2D eigenvalue weighted by Gasteiger charge is -2.39. The molecule has 7 nitrogen and oxygen atoms in total. The fourth-order valence-corrected chi connectivity index (χ4v) is 6.60. The third-order valence-corrected chi connectivity index (χ3v) is 9.46. The molecule has 7 heteroatoms. The molecule has 0 amide bonds. The summed E-state index contributed by atoms with van der Waals surface area (Å²) in [6, 6.07) is 0. The van der Waals surface area contributed by atoms with E-state index in [9.17, 15) is 14.4 Å². The summed E-state index contributed by atoms with van der Waals surface area (Å²) in [7, 11) is 0. The molecule has 0 saturated carbocycles. The van der Waals surface area contributed by atoms with Crippen LogP contribution < -0.4 is 0 Å². The van der Waals surface area contributed by atoms with E-state index in [2.05, 4.69) is 19.1 Å². The third kappa shape index (κ3) is 32.1. The average Bonchev–Trinajstić information content (AvgIpc) is 3.02. The summed E-state index contributed by atoms with van der Waals surface area (Å²) in [6.45, 7) is 5.96. The highest BCUT2D eigenvalue weighted by Crippen LogP contribution is 2.20. The molecule has 46 heavy (non-hydrogen) atoms. The minimum atomic E-state index is -0.766. The van der Waals surface area contributed by atoms with Crippen LogP contribution >= 0.6 is 0 Å². The zero-order valence-corrected chi connectivity index (χ0v) is 30.0. The van der Waals surface area contributed by atoms with Gasteiger partial charge in [0.25, 0.3) is 0 Å². The summed E-state index contributed by atoms with van der Waals surface area (Å²) in [6.07, 6.45) is 36.2. The molecule has 0 spiro atoms. The Morgan fingerprint density at radius 3 is 0.957 bits per heavy atom. The van der Waals surface area contributed by atoms with E-state index in [0.29, 0.717) is 19.3 Å². The molecule has 3 N–H and O–H groups in total. The summed E-state index contributed by atoms with van der Waals surface area (Å²) in [5, 5.41) is 27.2. The zero-order chi connectivity index (χ0) is 34.0. The minimum Gasteiger partial charge on any atom is -0.481 e. The van der Waals surface area contributed by atoms with Gasteiger partial charge < -0.3 is 19.8 Å². The highest BCUT2D eigenvalue weighted by molar-refractivity contribution is 5.67. The lowest BCUT2D eigenvalue weighted by molar-refractivity contribution is -0.929. The quantitative estimate of drug-likeness (QED) is 0.0350. The highest BCUT2D eigenvalue weighted by Gasteiger charge is 2.26. The van der Waals surface area contributed by atoms with Crippen molar-refractivity contribution in [2.45, 2.75) is 193 Å². The second-order valence-corrected chi connectivity index (χ2v) is 13.8. The normalized spacial score (nSPS) is 11.8. The molecule has 0 radical (unpaired) electrons. The van der Waals surface area contributed by atoms with Crippen LogP contribution in [0.4, 0.5) is 0 Å². The van der Waals surface area contributed by atoms with Crippen LogP contribution in [0, 0.1) is 0 Å². The number of quaternary nitrogens is 1. The first-order chi connectivity index (χ1) is 22.3. The Bertz CT molecular complexity index is 698. The van der Waals surface area contributed by atoms with E-state index in [-0.39, 0.29) is 19.3 Å². The zero-order valence-electron chi connectivity index (χ0n) is 30.0. The minimum absolute atomic E-state index is 0.175. The molecule has 0 rings (SSSR count). The Kier molecular flexibility index (Phi) is 31.7. The Balaban J connectivity index is 4.17. The molecule has 0 aromatic rings. The van der Waals surface area contributed by atoms with Gasteiger partial charge in [-0.25, -0.2) is 0 Å². The smallest absolute Gasteiger partial charge is 0.303 e. The van der Waals surface area contributed by atoms with Crippen LogP contribution in [0.15, 0.2) is 12.2 Å². The first-order valence-corrected chi connectivity index (χ1v) is 19.5. The molecule has 0 saturated heterocycles. The van der Waals surface area contributed by atoms with Crippen molar-refractivity contribution in [1.82, 2.24) is 0 Å². The van der Waals surface area contributed by atoms with Gasteiger partial charge in [0.2, 0.25) is 0 Å². The first-order valence-electron chi connectivity index (χ1n) is 19.5. The number of aliphatic carboxylic acids is 3. The number of carboxylic acids is 3. The predicted molar refractivity (Wildman–Crippen MR) is 191 cm³/mol. The molecule has 0 heterocycles. The van der Waals surface area contributed by atoms with Gasteiger partial charge in [0, 0.05) is 19.3 Å². The molecule has 0 unspecified atom stereocenters. The maximum Gasteiger partial charge on any atom is 0.303 e. The molecular formula is C39H74NO6+. The lowest BCUT2D eigenvalue weighted by Crippen LogP contribution is -2.51. The van der Waals surface area contributed by atoms with Crippen molar-refractivity contribution in [2.75, 3.05) is 26.2 Å². The van der Waals surface area contributed by atoms with E-state index in [1.807, 2.05) is 0 Å². The van der Waals surface area contributed by atoms with Crippen molar-refractivity contribution in [3.05, 3.63) is 12.2 Å². The average molecular weight is 653 g/mol. The van der Waals surface area contributed by atoms with Crippen LogP contribution in [0.3, 0.4) is 0 Å². The van der Waals surface area contributed by atoms with Gasteiger partial charge in [0.1, 0.15) is 0 Å².